The van der Waals surface area contributed by atoms with Gasteiger partial charge in [0.25, 0.3) is 0 Å². The zero-order valence-corrected chi connectivity index (χ0v) is 17.4. The molecule has 1 aliphatic heterocycles. The quantitative estimate of drug-likeness (QED) is 0.559. The lowest BCUT2D eigenvalue weighted by Crippen LogP contribution is -2.45. The fourth-order valence-corrected chi connectivity index (χ4v) is 3.54. The molecule has 0 radical (unpaired) electrons. The number of nitrogens with zero attached hydrogens (tertiary/aromatic N) is 5. The highest BCUT2D eigenvalue weighted by molar-refractivity contribution is 5.79. The zero-order chi connectivity index (χ0) is 19.8. The van der Waals surface area contributed by atoms with Crippen LogP contribution in [0.25, 0.3) is 0 Å². The van der Waals surface area contributed by atoms with Gasteiger partial charge in [0, 0.05) is 59.6 Å². The number of hydrogen-bond donors (Lipinski definition) is 2. The summed E-state index contributed by atoms with van der Waals surface area (Å²) in [5.74, 6) is 0.799. The van der Waals surface area contributed by atoms with E-state index in [1.54, 1.807) is 7.05 Å². The van der Waals surface area contributed by atoms with Gasteiger partial charge in [-0.25, -0.2) is 0 Å². The maximum Gasteiger partial charge on any atom is 0.191 e. The van der Waals surface area contributed by atoms with Gasteiger partial charge in [0.2, 0.25) is 0 Å². The molecule has 0 spiro atoms. The second-order valence-corrected chi connectivity index (χ2v) is 7.20. The number of aromatic nitrogens is 2. The van der Waals surface area contributed by atoms with Gasteiger partial charge >= 0.3 is 0 Å². The van der Waals surface area contributed by atoms with Crippen LogP contribution in [0.15, 0.2) is 41.5 Å². The highest BCUT2D eigenvalue weighted by Crippen LogP contribution is 2.13. The average Bonchev–Trinajstić information content (AvgIpc) is 3.14. The van der Waals surface area contributed by atoms with Crippen LogP contribution in [-0.4, -0.2) is 65.3 Å². The van der Waals surface area contributed by atoms with E-state index in [0.717, 1.165) is 44.4 Å². The molecule has 0 atom stereocenters. The van der Waals surface area contributed by atoms with Gasteiger partial charge in [0.15, 0.2) is 5.96 Å². The van der Waals surface area contributed by atoms with E-state index in [-0.39, 0.29) is 0 Å². The van der Waals surface area contributed by atoms with Gasteiger partial charge in [-0.1, -0.05) is 31.2 Å². The number of piperazine rings is 1. The second kappa shape index (κ2) is 10.2. The van der Waals surface area contributed by atoms with Crippen molar-refractivity contribution < 1.29 is 0 Å². The molecule has 2 heterocycles. The van der Waals surface area contributed by atoms with E-state index >= 15 is 0 Å². The first kappa shape index (κ1) is 20.4. The van der Waals surface area contributed by atoms with Crippen LogP contribution >= 0.6 is 0 Å². The van der Waals surface area contributed by atoms with Gasteiger partial charge in [0.1, 0.15) is 0 Å². The molecule has 1 saturated heterocycles. The van der Waals surface area contributed by atoms with Gasteiger partial charge in [-0.3, -0.25) is 14.6 Å². The topological polar surface area (TPSA) is 60.7 Å². The fourth-order valence-electron chi connectivity index (χ4n) is 3.54. The highest BCUT2D eigenvalue weighted by atomic mass is 15.3. The smallest absolute Gasteiger partial charge is 0.191 e. The van der Waals surface area contributed by atoms with Crippen molar-refractivity contribution in [2.75, 3.05) is 39.8 Å². The lowest BCUT2D eigenvalue weighted by Gasteiger charge is -2.34. The van der Waals surface area contributed by atoms with Gasteiger partial charge < -0.3 is 15.5 Å². The second-order valence-electron chi connectivity index (χ2n) is 7.20. The number of nitrogens with one attached hydrogen (secondary N) is 2. The van der Waals surface area contributed by atoms with Crippen LogP contribution in [0.5, 0.6) is 0 Å². The van der Waals surface area contributed by atoms with Crippen LogP contribution in [0.2, 0.25) is 0 Å². The summed E-state index contributed by atoms with van der Waals surface area (Å²) in [6.45, 7) is 10.5. The number of aliphatic imine (C=N–C) groups is 1. The molecule has 0 amide bonds. The first-order chi connectivity index (χ1) is 13.7. The molecule has 1 fully saturated rings. The number of benzene rings is 1. The van der Waals surface area contributed by atoms with E-state index in [0.29, 0.717) is 6.54 Å². The third-order valence-electron chi connectivity index (χ3n) is 5.45. The Morgan fingerprint density at radius 2 is 1.68 bits per heavy atom. The Morgan fingerprint density at radius 1 is 1.00 bits per heavy atom. The molecule has 7 nitrogen and oxygen atoms in total. The predicted molar refractivity (Wildman–Crippen MR) is 114 cm³/mol. The lowest BCUT2D eigenvalue weighted by molar-refractivity contribution is 0.131. The largest absolute Gasteiger partial charge is 0.352 e. The molecule has 1 aromatic carbocycles. The van der Waals surface area contributed by atoms with E-state index in [1.165, 1.54) is 24.2 Å². The molecule has 7 heteroatoms. The SMILES string of the molecule is CCN1CCN(Cc2ccccc2CNC(=NC)NCc2ccnn2C)CC1. The molecular formula is C21H33N7. The third kappa shape index (κ3) is 5.56. The van der Waals surface area contributed by atoms with Crippen LogP contribution in [0.4, 0.5) is 0 Å². The molecule has 2 N–H and O–H groups in total. The Kier molecular flexibility index (Phi) is 7.45. The third-order valence-corrected chi connectivity index (χ3v) is 5.45. The number of hydrogen-bond acceptors (Lipinski definition) is 4. The van der Waals surface area contributed by atoms with Crippen LogP contribution < -0.4 is 10.6 Å². The first-order valence-electron chi connectivity index (χ1n) is 10.1. The molecule has 1 aromatic heterocycles. The number of aryl methyl sites for hydroxylation is 1. The first-order valence-corrected chi connectivity index (χ1v) is 10.1. The van der Waals surface area contributed by atoms with E-state index in [4.69, 9.17) is 0 Å². The molecule has 2 aromatic rings. The summed E-state index contributed by atoms with van der Waals surface area (Å²) in [6, 6.07) is 10.7. The standard InChI is InChI=1S/C21H33N7/c1-4-27-11-13-28(14-12-27)17-19-8-6-5-7-18(19)15-23-21(22-2)24-16-20-9-10-25-26(20)3/h5-10H,4,11-17H2,1-3H3,(H2,22,23,24). The predicted octanol–water partition coefficient (Wildman–Crippen LogP) is 1.42. The molecule has 152 valence electrons. The lowest BCUT2D eigenvalue weighted by atomic mass is 10.1. The Morgan fingerprint density at radius 3 is 2.32 bits per heavy atom. The molecule has 0 bridgehead atoms. The van der Waals surface area contributed by atoms with Crippen molar-refractivity contribution in [1.29, 1.82) is 0 Å². The van der Waals surface area contributed by atoms with Crippen LogP contribution in [0.3, 0.4) is 0 Å². The molecule has 0 unspecified atom stereocenters. The summed E-state index contributed by atoms with van der Waals surface area (Å²) < 4.78 is 1.87. The molecule has 28 heavy (non-hydrogen) atoms. The summed E-state index contributed by atoms with van der Waals surface area (Å²) in [6.07, 6.45) is 1.81. The Hall–Kier alpha value is -2.38. The van der Waals surface area contributed by atoms with E-state index < -0.39 is 0 Å². The summed E-state index contributed by atoms with van der Waals surface area (Å²) in [5.41, 5.74) is 3.83. The molecule has 3 rings (SSSR count). The van der Waals surface area contributed by atoms with Crippen LogP contribution in [0, 0.1) is 0 Å². The van der Waals surface area contributed by atoms with Gasteiger partial charge in [-0.05, 0) is 23.7 Å². The minimum absolute atomic E-state index is 0.694. The number of guanidine groups is 1. The van der Waals surface area contributed by atoms with Crippen molar-refractivity contribution >= 4 is 5.96 Å². The summed E-state index contributed by atoms with van der Waals surface area (Å²) in [7, 11) is 3.75. The summed E-state index contributed by atoms with van der Waals surface area (Å²) in [4.78, 5) is 9.42. The average molecular weight is 384 g/mol. The molecular weight excluding hydrogens is 350 g/mol. The van der Waals surface area contributed by atoms with Crippen LogP contribution in [-0.2, 0) is 26.7 Å². The van der Waals surface area contributed by atoms with Crippen molar-refractivity contribution in [2.45, 2.75) is 26.6 Å². The maximum absolute atomic E-state index is 4.34. The summed E-state index contributed by atoms with van der Waals surface area (Å²) >= 11 is 0. The van der Waals surface area contributed by atoms with Gasteiger partial charge in [-0.15, -0.1) is 0 Å². The Labute approximate surface area is 168 Å². The minimum atomic E-state index is 0.694. The fraction of sp³-hybridized carbons (Fsp3) is 0.524. The van der Waals surface area contributed by atoms with Crippen molar-refractivity contribution in [3.05, 3.63) is 53.3 Å². The summed E-state index contributed by atoms with van der Waals surface area (Å²) in [5, 5.41) is 11.0. The normalized spacial score (nSPS) is 16.3. The van der Waals surface area contributed by atoms with Crippen molar-refractivity contribution in [3.8, 4) is 0 Å². The maximum atomic E-state index is 4.34. The minimum Gasteiger partial charge on any atom is -0.352 e. The van der Waals surface area contributed by atoms with E-state index in [1.807, 2.05) is 24.0 Å². The van der Waals surface area contributed by atoms with Crippen LogP contribution in [0.1, 0.15) is 23.7 Å². The van der Waals surface area contributed by atoms with Crippen molar-refractivity contribution in [2.24, 2.45) is 12.0 Å². The van der Waals surface area contributed by atoms with Gasteiger partial charge in [-0.2, -0.15) is 5.10 Å². The Balaban J connectivity index is 1.53. The number of likely N-dealkylation sites (N-methyl/N-ethyl adjacent to an activating group) is 1. The van der Waals surface area contributed by atoms with E-state index in [9.17, 15) is 0 Å². The molecule has 0 aliphatic carbocycles. The highest BCUT2D eigenvalue weighted by Gasteiger charge is 2.16. The molecule has 1 aliphatic rings. The van der Waals surface area contributed by atoms with Crippen molar-refractivity contribution in [3.63, 3.8) is 0 Å². The van der Waals surface area contributed by atoms with Crippen molar-refractivity contribution in [1.82, 2.24) is 30.2 Å². The van der Waals surface area contributed by atoms with E-state index in [2.05, 4.69) is 61.7 Å². The van der Waals surface area contributed by atoms with Gasteiger partial charge in [0.05, 0.1) is 12.2 Å². The monoisotopic (exact) mass is 383 g/mol. The number of rotatable bonds is 7. The Bertz CT molecular complexity index is 760. The molecule has 0 saturated carbocycles. The zero-order valence-electron chi connectivity index (χ0n) is 17.4.